The van der Waals surface area contributed by atoms with Crippen LogP contribution in [0.15, 0.2) is 0 Å². The normalized spacial score (nSPS) is 23.3. The fourth-order valence-electron chi connectivity index (χ4n) is 2.03. The van der Waals surface area contributed by atoms with Crippen LogP contribution in [0.5, 0.6) is 0 Å². The van der Waals surface area contributed by atoms with Crippen LogP contribution in [0.1, 0.15) is 34.1 Å². The topological polar surface area (TPSA) is 67.9 Å². The quantitative estimate of drug-likeness (QED) is 0.781. The maximum atomic E-state index is 12.1. The van der Waals surface area contributed by atoms with Crippen molar-refractivity contribution in [3.63, 3.8) is 0 Å². The molecule has 110 valence electrons. The van der Waals surface area contributed by atoms with E-state index in [2.05, 4.69) is 5.32 Å². The molecule has 0 radical (unpaired) electrons. The summed E-state index contributed by atoms with van der Waals surface area (Å²) in [5.74, 6) is -0.369. The number of ether oxygens (including phenoxy) is 2. The minimum atomic E-state index is -0.575. The predicted octanol–water partition coefficient (Wildman–Crippen LogP) is 1.15. The second-order valence-corrected chi connectivity index (χ2v) is 5.62. The SMILES string of the molecule is CCOC(=O)C1CC(NC)CN1C(=O)OC(C)(C)C. The Morgan fingerprint density at radius 2 is 2.00 bits per heavy atom. The average Bonchev–Trinajstić information content (AvgIpc) is 2.71. The highest BCUT2D eigenvalue weighted by atomic mass is 16.6. The van der Waals surface area contributed by atoms with Gasteiger partial charge in [-0.1, -0.05) is 0 Å². The molecule has 1 rings (SSSR count). The number of likely N-dealkylation sites (N-methyl/N-ethyl adjacent to an activating group) is 1. The Hall–Kier alpha value is -1.30. The van der Waals surface area contributed by atoms with Crippen molar-refractivity contribution < 1.29 is 19.1 Å². The number of carbonyl (C=O) groups excluding carboxylic acids is 2. The Kier molecular flexibility index (Phi) is 5.17. The number of esters is 1. The van der Waals surface area contributed by atoms with Crippen molar-refractivity contribution >= 4 is 12.1 Å². The van der Waals surface area contributed by atoms with Gasteiger partial charge in [-0.2, -0.15) is 0 Å². The number of nitrogens with one attached hydrogen (secondary N) is 1. The van der Waals surface area contributed by atoms with Crippen molar-refractivity contribution in [2.45, 2.75) is 51.8 Å². The fourth-order valence-corrected chi connectivity index (χ4v) is 2.03. The summed E-state index contributed by atoms with van der Waals surface area (Å²) in [4.78, 5) is 25.4. The van der Waals surface area contributed by atoms with Gasteiger partial charge in [-0.15, -0.1) is 0 Å². The molecule has 0 spiro atoms. The molecule has 1 N–H and O–H groups in total. The molecule has 0 aliphatic carbocycles. The van der Waals surface area contributed by atoms with E-state index in [9.17, 15) is 9.59 Å². The number of likely N-dealkylation sites (tertiary alicyclic amines) is 1. The molecule has 6 heteroatoms. The third kappa shape index (κ3) is 4.38. The Morgan fingerprint density at radius 1 is 1.37 bits per heavy atom. The molecule has 1 aliphatic rings. The molecule has 1 amide bonds. The van der Waals surface area contributed by atoms with Gasteiger partial charge < -0.3 is 14.8 Å². The first kappa shape index (κ1) is 15.8. The van der Waals surface area contributed by atoms with Crippen LogP contribution in [0.4, 0.5) is 4.79 Å². The lowest BCUT2D eigenvalue weighted by molar-refractivity contribution is -0.148. The lowest BCUT2D eigenvalue weighted by Gasteiger charge is -2.27. The van der Waals surface area contributed by atoms with Crippen LogP contribution >= 0.6 is 0 Å². The Morgan fingerprint density at radius 3 is 2.47 bits per heavy atom. The van der Waals surface area contributed by atoms with Crippen LogP contribution in [0.3, 0.4) is 0 Å². The number of rotatable bonds is 3. The monoisotopic (exact) mass is 272 g/mol. The van der Waals surface area contributed by atoms with E-state index in [4.69, 9.17) is 9.47 Å². The summed E-state index contributed by atoms with van der Waals surface area (Å²) in [6.07, 6.45) is 0.0810. The molecule has 0 bridgehead atoms. The second-order valence-electron chi connectivity index (χ2n) is 5.62. The maximum Gasteiger partial charge on any atom is 0.411 e. The predicted molar refractivity (Wildman–Crippen MR) is 70.8 cm³/mol. The zero-order valence-corrected chi connectivity index (χ0v) is 12.4. The van der Waals surface area contributed by atoms with Gasteiger partial charge in [0.25, 0.3) is 0 Å². The van der Waals surface area contributed by atoms with Crippen molar-refractivity contribution in [1.29, 1.82) is 0 Å². The minimum Gasteiger partial charge on any atom is -0.464 e. The average molecular weight is 272 g/mol. The van der Waals surface area contributed by atoms with Gasteiger partial charge in [0.15, 0.2) is 0 Å². The number of nitrogens with zero attached hydrogens (tertiary/aromatic N) is 1. The smallest absolute Gasteiger partial charge is 0.411 e. The molecular weight excluding hydrogens is 248 g/mol. The number of hydrogen-bond acceptors (Lipinski definition) is 5. The van der Waals surface area contributed by atoms with Gasteiger partial charge in [0.2, 0.25) is 0 Å². The molecule has 0 aromatic rings. The first-order valence-corrected chi connectivity index (χ1v) is 6.62. The van der Waals surface area contributed by atoms with Crippen LogP contribution in [-0.2, 0) is 14.3 Å². The van der Waals surface area contributed by atoms with Crippen molar-refractivity contribution in [2.24, 2.45) is 0 Å². The second kappa shape index (κ2) is 6.23. The zero-order chi connectivity index (χ0) is 14.6. The third-order valence-corrected chi connectivity index (χ3v) is 2.90. The van der Waals surface area contributed by atoms with Gasteiger partial charge in [-0.3, -0.25) is 4.90 Å². The van der Waals surface area contributed by atoms with Gasteiger partial charge in [0, 0.05) is 12.6 Å². The first-order chi connectivity index (χ1) is 8.78. The molecule has 1 fully saturated rings. The molecule has 1 saturated heterocycles. The van der Waals surface area contributed by atoms with Gasteiger partial charge in [-0.25, -0.2) is 9.59 Å². The lowest BCUT2D eigenvalue weighted by Crippen LogP contribution is -2.44. The molecule has 0 aromatic heterocycles. The van der Waals surface area contributed by atoms with E-state index in [-0.39, 0.29) is 12.0 Å². The van der Waals surface area contributed by atoms with E-state index in [1.165, 1.54) is 4.90 Å². The van der Waals surface area contributed by atoms with E-state index in [1.54, 1.807) is 27.7 Å². The maximum absolute atomic E-state index is 12.1. The molecule has 1 heterocycles. The molecule has 0 aromatic carbocycles. The van der Waals surface area contributed by atoms with E-state index in [0.29, 0.717) is 19.6 Å². The Labute approximate surface area is 114 Å². The van der Waals surface area contributed by atoms with Gasteiger partial charge in [0.1, 0.15) is 11.6 Å². The summed E-state index contributed by atoms with van der Waals surface area (Å²) < 4.78 is 10.3. The number of amides is 1. The van der Waals surface area contributed by atoms with Gasteiger partial charge in [-0.05, 0) is 41.2 Å². The van der Waals surface area contributed by atoms with Crippen LogP contribution in [0.2, 0.25) is 0 Å². The Bertz CT molecular complexity index is 338. The standard InChI is InChI=1S/C13H24N2O4/c1-6-18-11(16)10-7-9(14-5)8-15(10)12(17)19-13(2,3)4/h9-10,14H,6-8H2,1-5H3. The molecule has 6 nitrogen and oxygen atoms in total. The molecule has 19 heavy (non-hydrogen) atoms. The highest BCUT2D eigenvalue weighted by Gasteiger charge is 2.41. The van der Waals surface area contributed by atoms with Crippen molar-refractivity contribution in [3.05, 3.63) is 0 Å². The summed E-state index contributed by atoms with van der Waals surface area (Å²) >= 11 is 0. The summed E-state index contributed by atoms with van der Waals surface area (Å²) in [5.41, 5.74) is -0.575. The summed E-state index contributed by atoms with van der Waals surface area (Å²) in [7, 11) is 1.81. The largest absolute Gasteiger partial charge is 0.464 e. The van der Waals surface area contributed by atoms with Crippen LogP contribution < -0.4 is 5.32 Å². The van der Waals surface area contributed by atoms with Gasteiger partial charge >= 0.3 is 12.1 Å². The van der Waals surface area contributed by atoms with Crippen LogP contribution in [-0.4, -0.2) is 54.8 Å². The molecular formula is C13H24N2O4. The van der Waals surface area contributed by atoms with Crippen molar-refractivity contribution in [1.82, 2.24) is 10.2 Å². The van der Waals surface area contributed by atoms with Crippen molar-refractivity contribution in [3.8, 4) is 0 Å². The Balaban J connectivity index is 2.76. The fraction of sp³-hybridized carbons (Fsp3) is 0.846. The van der Waals surface area contributed by atoms with E-state index < -0.39 is 17.7 Å². The van der Waals surface area contributed by atoms with Gasteiger partial charge in [0.05, 0.1) is 6.61 Å². The van der Waals surface area contributed by atoms with Crippen molar-refractivity contribution in [2.75, 3.05) is 20.2 Å². The van der Waals surface area contributed by atoms with E-state index in [1.807, 2.05) is 7.05 Å². The number of carbonyl (C=O) groups is 2. The highest BCUT2D eigenvalue weighted by molar-refractivity contribution is 5.82. The van der Waals surface area contributed by atoms with E-state index >= 15 is 0 Å². The highest BCUT2D eigenvalue weighted by Crippen LogP contribution is 2.22. The summed E-state index contributed by atoms with van der Waals surface area (Å²) in [5, 5.41) is 3.08. The summed E-state index contributed by atoms with van der Waals surface area (Å²) in [6, 6.07) is -0.478. The minimum absolute atomic E-state index is 0.0851. The van der Waals surface area contributed by atoms with E-state index in [0.717, 1.165) is 0 Å². The molecule has 2 unspecified atom stereocenters. The summed E-state index contributed by atoms with van der Waals surface area (Å²) in [6.45, 7) is 7.92. The molecule has 0 saturated carbocycles. The zero-order valence-electron chi connectivity index (χ0n) is 12.4. The number of hydrogen-bond donors (Lipinski definition) is 1. The van der Waals surface area contributed by atoms with Crippen LogP contribution in [0.25, 0.3) is 0 Å². The third-order valence-electron chi connectivity index (χ3n) is 2.90. The van der Waals surface area contributed by atoms with Crippen LogP contribution in [0, 0.1) is 0 Å². The first-order valence-electron chi connectivity index (χ1n) is 6.62. The lowest BCUT2D eigenvalue weighted by atomic mass is 10.2. The molecule has 2 atom stereocenters. The molecule has 1 aliphatic heterocycles.